The molecule has 0 aromatic heterocycles. The molecule has 0 aliphatic carbocycles. The van der Waals surface area contributed by atoms with Gasteiger partial charge in [-0.3, -0.25) is 24.1 Å². The molecule has 2 N–H and O–H groups in total. The van der Waals surface area contributed by atoms with Gasteiger partial charge in [0.2, 0.25) is 17.7 Å². The number of likely N-dealkylation sites (tertiary alicyclic amines) is 1. The smallest absolute Gasteiger partial charge is 0.313 e. The van der Waals surface area contributed by atoms with E-state index in [1.165, 1.54) is 0 Å². The first-order chi connectivity index (χ1) is 10.3. The number of hydrogen-bond acceptors (Lipinski definition) is 5. The van der Waals surface area contributed by atoms with Crippen LogP contribution in [0.15, 0.2) is 12.2 Å². The van der Waals surface area contributed by atoms with E-state index in [2.05, 4.69) is 11.9 Å². The Hall–Kier alpha value is -1.83. The minimum Gasteiger partial charge on any atom is -0.481 e. The minimum atomic E-state index is -0.981. The maximum Gasteiger partial charge on any atom is 0.313 e. The molecule has 0 aromatic rings. The molecule has 0 bridgehead atoms. The first-order valence-corrected chi connectivity index (χ1v) is 7.98. The normalized spacial score (nSPS) is 21.1. The molecule has 1 fully saturated rings. The molecule has 0 saturated carbocycles. The summed E-state index contributed by atoms with van der Waals surface area (Å²) in [6.07, 6.45) is 0. The molecule has 3 amide bonds. The third-order valence-corrected chi connectivity index (χ3v) is 4.25. The Bertz CT molecular complexity index is 505. The molecule has 7 nitrogen and oxygen atoms in total. The first-order valence-electron chi connectivity index (χ1n) is 6.82. The van der Waals surface area contributed by atoms with Crippen LogP contribution >= 0.6 is 11.8 Å². The second kappa shape index (κ2) is 7.98. The summed E-state index contributed by atoms with van der Waals surface area (Å²) < 4.78 is 0. The van der Waals surface area contributed by atoms with Crippen molar-refractivity contribution in [1.82, 2.24) is 10.2 Å². The number of imide groups is 1. The van der Waals surface area contributed by atoms with E-state index in [1.807, 2.05) is 0 Å². The minimum absolute atomic E-state index is 0.0268. The van der Waals surface area contributed by atoms with Crippen molar-refractivity contribution in [3.05, 3.63) is 12.2 Å². The molecule has 22 heavy (non-hydrogen) atoms. The number of carboxylic acid groups (broad SMARTS) is 1. The van der Waals surface area contributed by atoms with Crippen molar-refractivity contribution in [2.24, 2.45) is 11.8 Å². The summed E-state index contributed by atoms with van der Waals surface area (Å²) >= 11 is 0.987. The quantitative estimate of drug-likeness (QED) is 0.484. The van der Waals surface area contributed by atoms with E-state index < -0.39 is 17.8 Å². The van der Waals surface area contributed by atoms with Gasteiger partial charge in [-0.1, -0.05) is 19.1 Å². The topological polar surface area (TPSA) is 104 Å². The van der Waals surface area contributed by atoms with Gasteiger partial charge >= 0.3 is 5.97 Å². The first kappa shape index (κ1) is 18.2. The molecule has 0 radical (unpaired) electrons. The summed E-state index contributed by atoms with van der Waals surface area (Å²) in [6, 6.07) is 0. The van der Waals surface area contributed by atoms with Crippen molar-refractivity contribution >= 4 is 35.5 Å². The second-order valence-corrected chi connectivity index (χ2v) is 6.16. The number of carbonyl (C=O) groups excluding carboxylic acids is 3. The zero-order chi connectivity index (χ0) is 16.9. The summed E-state index contributed by atoms with van der Waals surface area (Å²) in [5.41, 5.74) is 0.655. The standard InChI is InChI=1S/C14H20N2O5S/c1-8(2)12-9(3)13(20)16(14(12)21)5-4-15-10(17)6-22-7-11(18)19/h9,12H,1,4-7H2,2-3H3,(H,15,17)(H,18,19)/t9-,12-/m1/s1. The van der Waals surface area contributed by atoms with Gasteiger partial charge in [-0.25, -0.2) is 0 Å². The van der Waals surface area contributed by atoms with Gasteiger partial charge in [-0.15, -0.1) is 11.8 Å². The van der Waals surface area contributed by atoms with Gasteiger partial charge in [0.05, 0.1) is 23.3 Å². The molecule has 0 unspecified atom stereocenters. The van der Waals surface area contributed by atoms with Crippen LogP contribution in [0.5, 0.6) is 0 Å². The van der Waals surface area contributed by atoms with E-state index in [1.54, 1.807) is 13.8 Å². The number of nitrogens with zero attached hydrogens (tertiary/aromatic N) is 1. The van der Waals surface area contributed by atoms with E-state index in [0.717, 1.165) is 16.7 Å². The Kier molecular flexibility index (Phi) is 6.61. The average Bonchev–Trinajstić information content (AvgIpc) is 2.61. The van der Waals surface area contributed by atoms with E-state index in [9.17, 15) is 19.2 Å². The van der Waals surface area contributed by atoms with Crippen molar-refractivity contribution < 1.29 is 24.3 Å². The van der Waals surface area contributed by atoms with Gasteiger partial charge in [0.1, 0.15) is 0 Å². The molecule has 8 heteroatoms. The van der Waals surface area contributed by atoms with E-state index in [0.29, 0.717) is 5.57 Å². The predicted octanol–water partition coefficient (Wildman–Crippen LogP) is 0.118. The molecular weight excluding hydrogens is 308 g/mol. The fraction of sp³-hybridized carbons (Fsp3) is 0.571. The Morgan fingerprint density at radius 1 is 1.32 bits per heavy atom. The van der Waals surface area contributed by atoms with Crippen LogP contribution in [0.25, 0.3) is 0 Å². The van der Waals surface area contributed by atoms with Crippen LogP contribution in [0.4, 0.5) is 0 Å². The van der Waals surface area contributed by atoms with Gasteiger partial charge in [0.15, 0.2) is 0 Å². The lowest BCUT2D eigenvalue weighted by Gasteiger charge is -2.15. The second-order valence-electron chi connectivity index (χ2n) is 5.18. The van der Waals surface area contributed by atoms with Crippen LogP contribution in [0.1, 0.15) is 13.8 Å². The fourth-order valence-corrected chi connectivity index (χ4v) is 2.89. The highest BCUT2D eigenvalue weighted by molar-refractivity contribution is 8.00. The largest absolute Gasteiger partial charge is 0.481 e. The number of carboxylic acids is 1. The molecule has 0 aromatic carbocycles. The monoisotopic (exact) mass is 328 g/mol. The highest BCUT2D eigenvalue weighted by Gasteiger charge is 2.44. The molecule has 1 heterocycles. The van der Waals surface area contributed by atoms with Gasteiger partial charge in [0.25, 0.3) is 0 Å². The summed E-state index contributed by atoms with van der Waals surface area (Å²) in [7, 11) is 0. The average molecular weight is 328 g/mol. The lowest BCUT2D eigenvalue weighted by Crippen LogP contribution is -2.39. The highest BCUT2D eigenvalue weighted by atomic mass is 32.2. The van der Waals surface area contributed by atoms with Crippen LogP contribution in [-0.4, -0.2) is 58.3 Å². The number of aliphatic carboxylic acids is 1. The predicted molar refractivity (Wildman–Crippen MR) is 82.2 cm³/mol. The lowest BCUT2D eigenvalue weighted by atomic mass is 9.91. The van der Waals surface area contributed by atoms with Crippen molar-refractivity contribution in [2.75, 3.05) is 24.6 Å². The highest BCUT2D eigenvalue weighted by Crippen LogP contribution is 2.30. The van der Waals surface area contributed by atoms with Crippen molar-refractivity contribution in [3.8, 4) is 0 Å². The molecular formula is C14H20N2O5S. The molecule has 1 aliphatic rings. The zero-order valence-electron chi connectivity index (χ0n) is 12.6. The van der Waals surface area contributed by atoms with Crippen molar-refractivity contribution in [3.63, 3.8) is 0 Å². The van der Waals surface area contributed by atoms with Gasteiger partial charge in [0, 0.05) is 13.1 Å². The van der Waals surface area contributed by atoms with Crippen LogP contribution in [-0.2, 0) is 19.2 Å². The summed E-state index contributed by atoms with van der Waals surface area (Å²) in [6.45, 7) is 7.42. The van der Waals surface area contributed by atoms with Gasteiger partial charge in [-0.05, 0) is 6.92 Å². The number of rotatable bonds is 8. The molecule has 1 saturated heterocycles. The summed E-state index contributed by atoms with van der Waals surface area (Å²) in [5.74, 6) is -2.87. The Balaban J connectivity index is 2.40. The van der Waals surface area contributed by atoms with Crippen molar-refractivity contribution in [1.29, 1.82) is 0 Å². The van der Waals surface area contributed by atoms with Crippen LogP contribution in [0.3, 0.4) is 0 Å². The van der Waals surface area contributed by atoms with Gasteiger partial charge < -0.3 is 10.4 Å². The van der Waals surface area contributed by atoms with Crippen LogP contribution in [0.2, 0.25) is 0 Å². The summed E-state index contributed by atoms with van der Waals surface area (Å²) in [4.78, 5) is 47.1. The van der Waals surface area contributed by atoms with Gasteiger partial charge in [-0.2, -0.15) is 0 Å². The van der Waals surface area contributed by atoms with E-state index in [4.69, 9.17) is 5.11 Å². The Labute approximate surface area is 133 Å². The number of nitrogens with one attached hydrogen (secondary N) is 1. The maximum absolute atomic E-state index is 12.2. The number of hydrogen-bond donors (Lipinski definition) is 2. The van der Waals surface area contributed by atoms with Crippen LogP contribution < -0.4 is 5.32 Å². The molecule has 1 rings (SSSR count). The molecule has 1 aliphatic heterocycles. The zero-order valence-corrected chi connectivity index (χ0v) is 13.4. The fourth-order valence-electron chi connectivity index (χ4n) is 2.33. The third kappa shape index (κ3) is 4.59. The third-order valence-electron chi connectivity index (χ3n) is 3.33. The van der Waals surface area contributed by atoms with E-state index in [-0.39, 0.29) is 42.3 Å². The van der Waals surface area contributed by atoms with Crippen molar-refractivity contribution in [2.45, 2.75) is 13.8 Å². The SMILES string of the molecule is C=C(C)[C@H]1C(=O)N(CCNC(=O)CSCC(=O)O)C(=O)[C@@H]1C. The Morgan fingerprint density at radius 2 is 1.95 bits per heavy atom. The Morgan fingerprint density at radius 3 is 2.45 bits per heavy atom. The number of carbonyl (C=O) groups is 4. The summed E-state index contributed by atoms with van der Waals surface area (Å²) in [5, 5.41) is 11.0. The number of amides is 3. The molecule has 0 spiro atoms. The lowest BCUT2D eigenvalue weighted by molar-refractivity contribution is -0.140. The number of thioether (sulfide) groups is 1. The van der Waals surface area contributed by atoms with Crippen LogP contribution in [0, 0.1) is 11.8 Å². The molecule has 2 atom stereocenters. The van der Waals surface area contributed by atoms with E-state index >= 15 is 0 Å². The maximum atomic E-state index is 12.2. The molecule has 122 valence electrons.